The number of hydrogen-bond acceptors (Lipinski definition) is 2. The van der Waals surface area contributed by atoms with Gasteiger partial charge in [0.1, 0.15) is 0 Å². The summed E-state index contributed by atoms with van der Waals surface area (Å²) in [6.07, 6.45) is 1.07. The van der Waals surface area contributed by atoms with E-state index in [1.54, 1.807) is 6.07 Å². The Balaban J connectivity index is 1.74. The molecule has 3 heteroatoms. The van der Waals surface area contributed by atoms with Crippen LogP contribution < -0.4 is 5.32 Å². The van der Waals surface area contributed by atoms with Crippen molar-refractivity contribution in [1.82, 2.24) is 0 Å². The minimum Gasteiger partial charge on any atom is -0.478 e. The maximum absolute atomic E-state index is 11.2. The molecule has 3 nitrogen and oxygen atoms in total. The molecule has 0 bridgehead atoms. The van der Waals surface area contributed by atoms with Crippen LogP contribution in [0.2, 0.25) is 0 Å². The van der Waals surface area contributed by atoms with Crippen LogP contribution >= 0.6 is 0 Å². The Morgan fingerprint density at radius 3 is 2.85 bits per heavy atom. The van der Waals surface area contributed by atoms with Crippen LogP contribution in [0, 0.1) is 6.92 Å². The summed E-state index contributed by atoms with van der Waals surface area (Å²) in [5.41, 5.74) is 4.89. The quantitative estimate of drug-likeness (QED) is 0.892. The molecule has 2 aromatic rings. The van der Waals surface area contributed by atoms with Gasteiger partial charge in [-0.15, -0.1) is 0 Å². The van der Waals surface area contributed by atoms with E-state index in [0.29, 0.717) is 17.2 Å². The highest BCUT2D eigenvalue weighted by atomic mass is 16.4. The van der Waals surface area contributed by atoms with Crippen LogP contribution in [0.1, 0.15) is 33.0 Å². The summed E-state index contributed by atoms with van der Waals surface area (Å²) in [4.78, 5) is 11.2. The number of rotatable bonds is 4. The van der Waals surface area contributed by atoms with Gasteiger partial charge < -0.3 is 10.4 Å². The number of aromatic carboxylic acids is 1. The number of nitrogens with one attached hydrogen (secondary N) is 1. The number of anilines is 1. The molecule has 0 aromatic heterocycles. The maximum Gasteiger partial charge on any atom is 0.337 e. The van der Waals surface area contributed by atoms with Gasteiger partial charge in [-0.05, 0) is 42.2 Å². The molecular weight excluding hydrogens is 250 g/mol. The first-order chi connectivity index (χ1) is 9.65. The van der Waals surface area contributed by atoms with Crippen molar-refractivity contribution in [2.75, 3.05) is 11.9 Å². The summed E-state index contributed by atoms with van der Waals surface area (Å²) in [6, 6.07) is 13.8. The Labute approximate surface area is 118 Å². The third-order valence-electron chi connectivity index (χ3n) is 3.91. The molecule has 0 radical (unpaired) electrons. The lowest BCUT2D eigenvalue weighted by atomic mass is 9.77. The summed E-state index contributed by atoms with van der Waals surface area (Å²) in [5, 5.41) is 12.5. The summed E-state index contributed by atoms with van der Waals surface area (Å²) < 4.78 is 0. The third kappa shape index (κ3) is 2.27. The van der Waals surface area contributed by atoms with Crippen molar-refractivity contribution in [3.63, 3.8) is 0 Å². The number of hydrogen-bond donors (Lipinski definition) is 2. The van der Waals surface area contributed by atoms with Crippen molar-refractivity contribution in [2.45, 2.75) is 19.3 Å². The fraction of sp³-hybridized carbons (Fsp3) is 0.235. The molecule has 0 amide bonds. The minimum absolute atomic E-state index is 0.336. The van der Waals surface area contributed by atoms with E-state index in [1.165, 1.54) is 11.1 Å². The molecule has 0 saturated heterocycles. The number of carbonyl (C=O) groups is 1. The Kier molecular flexibility index (Phi) is 3.18. The number of benzene rings is 2. The zero-order valence-electron chi connectivity index (χ0n) is 11.4. The highest BCUT2D eigenvalue weighted by Crippen LogP contribution is 2.35. The zero-order valence-corrected chi connectivity index (χ0v) is 11.4. The van der Waals surface area contributed by atoms with E-state index < -0.39 is 5.97 Å². The summed E-state index contributed by atoms with van der Waals surface area (Å²) in [7, 11) is 0. The number of aryl methyl sites for hydroxylation is 1. The van der Waals surface area contributed by atoms with Crippen LogP contribution in [-0.2, 0) is 6.42 Å². The molecule has 1 aliphatic carbocycles. The van der Waals surface area contributed by atoms with E-state index >= 15 is 0 Å². The molecule has 2 N–H and O–H groups in total. The predicted octanol–water partition coefficient (Wildman–Crippen LogP) is 3.45. The first kappa shape index (κ1) is 12.7. The normalized spacial score (nSPS) is 16.1. The molecule has 0 spiro atoms. The van der Waals surface area contributed by atoms with E-state index in [-0.39, 0.29) is 0 Å². The molecule has 1 atom stereocenters. The molecule has 0 aliphatic heterocycles. The van der Waals surface area contributed by atoms with Gasteiger partial charge >= 0.3 is 5.97 Å². The SMILES string of the molecule is Cc1ccc(C(=O)O)c(NCC2Cc3ccccc32)c1. The molecule has 1 aliphatic rings. The number of fused-ring (bicyclic) bond motifs is 1. The molecule has 0 fully saturated rings. The Morgan fingerprint density at radius 2 is 2.10 bits per heavy atom. The summed E-state index contributed by atoms with van der Waals surface area (Å²) >= 11 is 0. The second kappa shape index (κ2) is 5.00. The second-order valence-corrected chi connectivity index (χ2v) is 5.33. The van der Waals surface area contributed by atoms with E-state index in [2.05, 4.69) is 29.6 Å². The molecule has 102 valence electrons. The van der Waals surface area contributed by atoms with Gasteiger partial charge in [-0.1, -0.05) is 30.3 Å². The van der Waals surface area contributed by atoms with Crippen molar-refractivity contribution in [3.05, 3.63) is 64.7 Å². The van der Waals surface area contributed by atoms with Crippen LogP contribution in [0.25, 0.3) is 0 Å². The lowest BCUT2D eigenvalue weighted by Gasteiger charge is -2.30. The number of carboxylic acid groups (broad SMARTS) is 1. The van der Waals surface area contributed by atoms with E-state index in [4.69, 9.17) is 0 Å². The van der Waals surface area contributed by atoms with Crippen LogP contribution in [0.3, 0.4) is 0 Å². The smallest absolute Gasteiger partial charge is 0.337 e. The van der Waals surface area contributed by atoms with Gasteiger partial charge in [0.2, 0.25) is 0 Å². The standard InChI is InChI=1S/C17H17NO2/c1-11-6-7-15(17(19)20)16(8-11)18-10-13-9-12-4-2-3-5-14(12)13/h2-8,13,18H,9-10H2,1H3,(H,19,20). The average molecular weight is 267 g/mol. The molecule has 3 rings (SSSR count). The van der Waals surface area contributed by atoms with Crippen LogP contribution in [0.4, 0.5) is 5.69 Å². The number of carboxylic acids is 1. The van der Waals surface area contributed by atoms with Crippen LogP contribution in [-0.4, -0.2) is 17.6 Å². The summed E-state index contributed by atoms with van der Waals surface area (Å²) in [5.74, 6) is -0.408. The monoisotopic (exact) mass is 267 g/mol. The Hall–Kier alpha value is -2.29. The van der Waals surface area contributed by atoms with Gasteiger partial charge in [0.15, 0.2) is 0 Å². The van der Waals surface area contributed by atoms with Gasteiger partial charge in [-0.25, -0.2) is 4.79 Å². The van der Waals surface area contributed by atoms with Crippen molar-refractivity contribution < 1.29 is 9.90 Å². The first-order valence-corrected chi connectivity index (χ1v) is 6.81. The molecular formula is C17H17NO2. The van der Waals surface area contributed by atoms with Crippen molar-refractivity contribution in [3.8, 4) is 0 Å². The van der Waals surface area contributed by atoms with Gasteiger partial charge in [-0.3, -0.25) is 0 Å². The molecule has 0 saturated carbocycles. The average Bonchev–Trinajstić information content (AvgIpc) is 2.39. The predicted molar refractivity (Wildman–Crippen MR) is 79.5 cm³/mol. The van der Waals surface area contributed by atoms with Crippen molar-refractivity contribution in [2.24, 2.45) is 0 Å². The fourth-order valence-electron chi connectivity index (χ4n) is 2.77. The Bertz CT molecular complexity index is 664. The second-order valence-electron chi connectivity index (χ2n) is 5.33. The van der Waals surface area contributed by atoms with Crippen molar-refractivity contribution in [1.29, 1.82) is 0 Å². The van der Waals surface area contributed by atoms with E-state index in [0.717, 1.165) is 18.5 Å². The van der Waals surface area contributed by atoms with Gasteiger partial charge in [-0.2, -0.15) is 0 Å². The van der Waals surface area contributed by atoms with Crippen molar-refractivity contribution >= 4 is 11.7 Å². The van der Waals surface area contributed by atoms with Gasteiger partial charge in [0.05, 0.1) is 5.56 Å². The first-order valence-electron chi connectivity index (χ1n) is 6.81. The molecule has 1 unspecified atom stereocenters. The van der Waals surface area contributed by atoms with Gasteiger partial charge in [0, 0.05) is 18.2 Å². The van der Waals surface area contributed by atoms with Crippen LogP contribution in [0.15, 0.2) is 42.5 Å². The van der Waals surface area contributed by atoms with E-state index in [9.17, 15) is 9.90 Å². The molecule has 0 heterocycles. The Morgan fingerprint density at radius 1 is 1.30 bits per heavy atom. The highest BCUT2D eigenvalue weighted by Gasteiger charge is 2.25. The van der Waals surface area contributed by atoms with E-state index in [1.807, 2.05) is 19.1 Å². The third-order valence-corrected chi connectivity index (χ3v) is 3.91. The molecule has 20 heavy (non-hydrogen) atoms. The van der Waals surface area contributed by atoms with Gasteiger partial charge in [0.25, 0.3) is 0 Å². The zero-order chi connectivity index (χ0) is 14.1. The maximum atomic E-state index is 11.2. The fourth-order valence-corrected chi connectivity index (χ4v) is 2.77. The molecule has 2 aromatic carbocycles. The highest BCUT2D eigenvalue weighted by molar-refractivity contribution is 5.94. The summed E-state index contributed by atoms with van der Waals surface area (Å²) in [6.45, 7) is 2.75. The lowest BCUT2D eigenvalue weighted by molar-refractivity contribution is 0.0698. The minimum atomic E-state index is -0.887. The van der Waals surface area contributed by atoms with Crippen LogP contribution in [0.5, 0.6) is 0 Å². The topological polar surface area (TPSA) is 49.3 Å². The lowest BCUT2D eigenvalue weighted by Crippen LogP contribution is -2.24. The largest absolute Gasteiger partial charge is 0.478 e.